The molecule has 0 aromatic carbocycles. The predicted octanol–water partition coefficient (Wildman–Crippen LogP) is 5.87. The van der Waals surface area contributed by atoms with Crippen LogP contribution in [-0.2, 0) is 0 Å². The molecule has 0 bridgehead atoms. The quantitative estimate of drug-likeness (QED) is 0.312. The van der Waals surface area contributed by atoms with E-state index in [0.29, 0.717) is 0 Å². The van der Waals surface area contributed by atoms with Crippen molar-refractivity contribution in [1.82, 2.24) is 0 Å². The van der Waals surface area contributed by atoms with Crippen molar-refractivity contribution in [2.45, 2.75) is 85.0 Å². The smallest absolute Gasteiger partial charge is 0.0323 e. The van der Waals surface area contributed by atoms with E-state index < -0.39 is 0 Å². The Morgan fingerprint density at radius 3 is 2.07 bits per heavy atom. The van der Waals surface area contributed by atoms with E-state index >= 15 is 0 Å². The van der Waals surface area contributed by atoms with Gasteiger partial charge in [0, 0.05) is 0 Å². The number of allylic oxidation sites excluding steroid dienone is 2. The van der Waals surface area contributed by atoms with E-state index in [1.807, 2.05) is 0 Å². The fraction of sp³-hybridized carbons (Fsp3) is 0.867. The largest absolute Gasteiger partial charge is 0.0856 e. The summed E-state index contributed by atoms with van der Waals surface area (Å²) in [7, 11) is 0. The van der Waals surface area contributed by atoms with Crippen molar-refractivity contribution < 1.29 is 0 Å². The van der Waals surface area contributed by atoms with Crippen LogP contribution in [-0.4, -0.2) is 0 Å². The van der Waals surface area contributed by atoms with Crippen LogP contribution in [0.1, 0.15) is 85.0 Å². The lowest BCUT2D eigenvalue weighted by atomic mass is 10.1. The van der Waals surface area contributed by atoms with Crippen LogP contribution in [0.5, 0.6) is 0 Å². The maximum atomic E-state index is 2.45. The second-order valence-corrected chi connectivity index (χ2v) is 4.71. The van der Waals surface area contributed by atoms with E-state index in [0.717, 1.165) is 0 Å². The summed E-state index contributed by atoms with van der Waals surface area (Å²) in [5.74, 6) is 0. The Balaban J connectivity index is 3.20. The van der Waals surface area contributed by atoms with Gasteiger partial charge in [0.2, 0.25) is 0 Å². The van der Waals surface area contributed by atoms with Crippen LogP contribution in [0.4, 0.5) is 0 Å². The van der Waals surface area contributed by atoms with Crippen molar-refractivity contribution in [3.8, 4) is 0 Å². The lowest BCUT2D eigenvalue weighted by Crippen LogP contribution is -1.80. The monoisotopic (exact) mass is 210 g/mol. The van der Waals surface area contributed by atoms with Crippen LogP contribution >= 0.6 is 0 Å². The lowest BCUT2D eigenvalue weighted by Gasteiger charge is -2.00. The molecule has 0 aromatic heterocycles. The zero-order chi connectivity index (χ0) is 11.4. The summed E-state index contributed by atoms with van der Waals surface area (Å²) < 4.78 is 0. The molecule has 15 heavy (non-hydrogen) atoms. The third-order valence-corrected chi connectivity index (χ3v) is 2.98. The minimum Gasteiger partial charge on any atom is -0.0856 e. The summed E-state index contributed by atoms with van der Waals surface area (Å²) in [6.45, 7) is 6.83. The number of rotatable bonds is 10. The minimum atomic E-state index is 1.31. The Morgan fingerprint density at radius 2 is 1.40 bits per heavy atom. The van der Waals surface area contributed by atoms with Gasteiger partial charge in [-0.25, -0.2) is 0 Å². The lowest BCUT2D eigenvalue weighted by molar-refractivity contribution is 0.610. The molecule has 0 aliphatic heterocycles. The first-order valence-corrected chi connectivity index (χ1v) is 6.96. The van der Waals surface area contributed by atoms with E-state index in [-0.39, 0.29) is 0 Å². The van der Waals surface area contributed by atoms with E-state index in [9.17, 15) is 0 Å². The normalized spacial score (nSPS) is 12.1. The van der Waals surface area contributed by atoms with Gasteiger partial charge < -0.3 is 0 Å². The Hall–Kier alpha value is -0.260. The first-order chi connectivity index (χ1) is 7.31. The molecule has 0 amide bonds. The van der Waals surface area contributed by atoms with Crippen molar-refractivity contribution >= 4 is 0 Å². The molecule has 0 radical (unpaired) electrons. The van der Waals surface area contributed by atoms with Crippen LogP contribution < -0.4 is 0 Å². The summed E-state index contributed by atoms with van der Waals surface area (Å²) in [6.07, 6.45) is 16.2. The highest BCUT2D eigenvalue weighted by atomic mass is 14.0. The molecule has 0 nitrogen and oxygen atoms in total. The Bertz CT molecular complexity index is 144. The summed E-state index contributed by atoms with van der Waals surface area (Å²) in [5.41, 5.74) is 1.60. The third kappa shape index (κ3) is 11.7. The van der Waals surface area contributed by atoms with Gasteiger partial charge in [0.05, 0.1) is 0 Å². The third-order valence-electron chi connectivity index (χ3n) is 2.98. The van der Waals surface area contributed by atoms with Crippen molar-refractivity contribution in [3.05, 3.63) is 11.6 Å². The molecule has 0 heteroatoms. The summed E-state index contributed by atoms with van der Waals surface area (Å²) in [6, 6.07) is 0. The van der Waals surface area contributed by atoms with Gasteiger partial charge in [0.15, 0.2) is 0 Å². The van der Waals surface area contributed by atoms with Gasteiger partial charge in [0.25, 0.3) is 0 Å². The van der Waals surface area contributed by atoms with Crippen molar-refractivity contribution in [3.63, 3.8) is 0 Å². The minimum absolute atomic E-state index is 1.31. The highest BCUT2D eigenvalue weighted by molar-refractivity contribution is 4.97. The first-order valence-electron chi connectivity index (χ1n) is 6.96. The molecular formula is C15H30. The second-order valence-electron chi connectivity index (χ2n) is 4.71. The second kappa shape index (κ2) is 11.8. The van der Waals surface area contributed by atoms with Gasteiger partial charge >= 0.3 is 0 Å². The van der Waals surface area contributed by atoms with E-state index in [2.05, 4.69) is 26.8 Å². The van der Waals surface area contributed by atoms with E-state index in [1.54, 1.807) is 5.57 Å². The molecule has 0 aromatic rings. The zero-order valence-corrected chi connectivity index (χ0v) is 11.1. The summed E-state index contributed by atoms with van der Waals surface area (Å²) in [4.78, 5) is 0. The summed E-state index contributed by atoms with van der Waals surface area (Å²) >= 11 is 0. The van der Waals surface area contributed by atoms with Crippen LogP contribution in [0.3, 0.4) is 0 Å². The van der Waals surface area contributed by atoms with Gasteiger partial charge in [0.1, 0.15) is 0 Å². The Kier molecular flexibility index (Phi) is 11.6. The molecule has 0 aliphatic carbocycles. The van der Waals surface area contributed by atoms with Crippen molar-refractivity contribution in [2.24, 2.45) is 0 Å². The fourth-order valence-corrected chi connectivity index (χ4v) is 1.83. The molecule has 0 fully saturated rings. The maximum absolute atomic E-state index is 2.45. The highest BCUT2D eigenvalue weighted by Gasteiger charge is 1.91. The molecule has 0 N–H and O–H groups in total. The average Bonchev–Trinajstić information content (AvgIpc) is 2.25. The highest BCUT2D eigenvalue weighted by Crippen LogP contribution is 2.11. The van der Waals surface area contributed by atoms with Crippen LogP contribution in [0.2, 0.25) is 0 Å². The molecule has 0 spiro atoms. The number of unbranched alkanes of at least 4 members (excludes halogenated alkanes) is 7. The Morgan fingerprint density at radius 1 is 0.800 bits per heavy atom. The SMILES string of the molecule is CCCCCCCC/C=C(\C)CCCC. The van der Waals surface area contributed by atoms with Gasteiger partial charge in [-0.3, -0.25) is 0 Å². The van der Waals surface area contributed by atoms with Gasteiger partial charge in [-0.1, -0.05) is 64.0 Å². The van der Waals surface area contributed by atoms with Crippen LogP contribution in [0.15, 0.2) is 11.6 Å². The van der Waals surface area contributed by atoms with Crippen LogP contribution in [0, 0.1) is 0 Å². The van der Waals surface area contributed by atoms with Crippen molar-refractivity contribution in [1.29, 1.82) is 0 Å². The standard InChI is InChI=1S/C15H30/c1-4-6-8-9-10-11-12-14-15(3)13-7-5-2/h14H,4-13H2,1-3H3/b15-14+. The number of hydrogen-bond acceptors (Lipinski definition) is 0. The molecule has 0 atom stereocenters. The molecular weight excluding hydrogens is 180 g/mol. The zero-order valence-electron chi connectivity index (χ0n) is 11.1. The van der Waals surface area contributed by atoms with E-state index in [1.165, 1.54) is 64.2 Å². The average molecular weight is 210 g/mol. The van der Waals surface area contributed by atoms with Crippen LogP contribution in [0.25, 0.3) is 0 Å². The number of hydrogen-bond donors (Lipinski definition) is 0. The van der Waals surface area contributed by atoms with Gasteiger partial charge in [-0.15, -0.1) is 0 Å². The van der Waals surface area contributed by atoms with Gasteiger partial charge in [-0.05, 0) is 32.6 Å². The van der Waals surface area contributed by atoms with Crippen molar-refractivity contribution in [2.75, 3.05) is 0 Å². The predicted molar refractivity (Wildman–Crippen MR) is 71.3 cm³/mol. The summed E-state index contributed by atoms with van der Waals surface area (Å²) in [5, 5.41) is 0. The maximum Gasteiger partial charge on any atom is -0.0323 e. The molecule has 0 saturated heterocycles. The fourth-order valence-electron chi connectivity index (χ4n) is 1.83. The molecule has 0 rings (SSSR count). The topological polar surface area (TPSA) is 0 Å². The Labute approximate surface area is 97.2 Å². The molecule has 90 valence electrons. The molecule has 0 aliphatic rings. The van der Waals surface area contributed by atoms with Gasteiger partial charge in [-0.2, -0.15) is 0 Å². The molecule has 0 saturated carbocycles. The molecule has 0 unspecified atom stereocenters. The first kappa shape index (κ1) is 14.7. The van der Waals surface area contributed by atoms with E-state index in [4.69, 9.17) is 0 Å². The molecule has 0 heterocycles.